The molecule has 0 radical (unpaired) electrons. The molecule has 1 fully saturated rings. The van der Waals surface area contributed by atoms with Crippen molar-refractivity contribution in [1.82, 2.24) is 20.6 Å². The minimum atomic E-state index is -3.21. The Balaban J connectivity index is 1.87. The highest BCUT2D eigenvalue weighted by Gasteiger charge is 2.50. The van der Waals surface area contributed by atoms with E-state index in [-0.39, 0.29) is 23.7 Å². The van der Waals surface area contributed by atoms with Crippen molar-refractivity contribution < 1.29 is 32.2 Å². The lowest BCUT2D eigenvalue weighted by Gasteiger charge is -2.41. The third kappa shape index (κ3) is 6.07. The Morgan fingerprint density at radius 2 is 2.08 bits per heavy atom. The molecule has 2 aromatic rings. The number of nitriles is 1. The molecule has 0 aliphatic carbocycles. The Morgan fingerprint density at radius 3 is 2.69 bits per heavy atom. The second kappa shape index (κ2) is 10.5. The number of carbonyl (C=O) groups is 2. The third-order valence-corrected chi connectivity index (χ3v) is 5.04. The van der Waals surface area contributed by atoms with Crippen LogP contribution < -0.4 is 16.0 Å². The van der Waals surface area contributed by atoms with E-state index in [4.69, 9.17) is 14.7 Å². The van der Waals surface area contributed by atoms with Gasteiger partial charge in [-0.1, -0.05) is 0 Å². The predicted octanol–water partition coefficient (Wildman–Crippen LogP) is 2.98. The molecule has 1 saturated heterocycles. The van der Waals surface area contributed by atoms with Crippen LogP contribution in [0.25, 0.3) is 0 Å². The van der Waals surface area contributed by atoms with Crippen molar-refractivity contribution >= 4 is 17.8 Å². The Bertz CT molecular complexity index is 1200. The average molecular weight is 506 g/mol. The number of pyridine rings is 2. The molecule has 0 spiro atoms. The number of aromatic nitrogens is 2. The van der Waals surface area contributed by atoms with Gasteiger partial charge in [-0.3, -0.25) is 10.1 Å². The number of hydrogen-bond donors (Lipinski definition) is 3. The number of carbonyl (C=O) groups excluding carboxylic acids is 2. The zero-order valence-electron chi connectivity index (χ0n) is 20.0. The number of alkyl halides is 2. The highest BCUT2D eigenvalue weighted by Crippen LogP contribution is 2.33. The molecule has 0 bridgehead atoms. The van der Waals surface area contributed by atoms with Gasteiger partial charge in [0.05, 0.1) is 18.8 Å². The zero-order valence-corrected chi connectivity index (χ0v) is 20.0. The monoisotopic (exact) mass is 506 g/mol. The first-order chi connectivity index (χ1) is 16.8. The molecule has 3 N–H and O–H groups in total. The van der Waals surface area contributed by atoms with Gasteiger partial charge in [-0.05, 0) is 51.5 Å². The summed E-state index contributed by atoms with van der Waals surface area (Å²) in [7, 11) is 0. The number of ether oxygens (including phenoxy) is 2. The summed E-state index contributed by atoms with van der Waals surface area (Å²) in [4.78, 5) is 32.7. The van der Waals surface area contributed by atoms with E-state index >= 15 is 0 Å². The Morgan fingerprint density at radius 1 is 1.36 bits per heavy atom. The number of alkyl carbamates (subject to hydrolysis) is 1. The molecule has 0 saturated carbocycles. The van der Waals surface area contributed by atoms with E-state index in [0.29, 0.717) is 5.56 Å². The SMILES string of the molecule is Cc1cc(C#N)cnc1C(=O)Nc1ccc(F)c(C2(C(F)F)COCC(NC(=O)OC(C)(C)C)N2)n1. The summed E-state index contributed by atoms with van der Waals surface area (Å²) in [6.07, 6.45) is -4.03. The van der Waals surface area contributed by atoms with E-state index < -0.39 is 53.8 Å². The van der Waals surface area contributed by atoms with Crippen molar-refractivity contribution in [3.63, 3.8) is 0 Å². The van der Waals surface area contributed by atoms with Crippen LogP contribution in [0.5, 0.6) is 0 Å². The van der Waals surface area contributed by atoms with Crippen LogP contribution >= 0.6 is 0 Å². The van der Waals surface area contributed by atoms with Crippen molar-refractivity contribution in [1.29, 1.82) is 5.26 Å². The van der Waals surface area contributed by atoms with Crippen LogP contribution in [0, 0.1) is 24.1 Å². The van der Waals surface area contributed by atoms with Gasteiger partial charge in [-0.25, -0.2) is 27.9 Å². The van der Waals surface area contributed by atoms with E-state index in [9.17, 15) is 22.8 Å². The first-order valence-electron chi connectivity index (χ1n) is 10.8. The summed E-state index contributed by atoms with van der Waals surface area (Å²) < 4.78 is 54.0. The minimum Gasteiger partial charge on any atom is -0.444 e. The number of rotatable bonds is 5. The summed E-state index contributed by atoms with van der Waals surface area (Å²) in [5, 5.41) is 16.3. The maximum atomic E-state index is 14.8. The fourth-order valence-corrected chi connectivity index (χ4v) is 3.50. The lowest BCUT2D eigenvalue weighted by Crippen LogP contribution is -2.66. The van der Waals surface area contributed by atoms with Gasteiger partial charge in [0.1, 0.15) is 40.9 Å². The van der Waals surface area contributed by atoms with Crippen molar-refractivity contribution in [3.8, 4) is 6.07 Å². The van der Waals surface area contributed by atoms with Crippen LogP contribution in [0.15, 0.2) is 24.4 Å². The molecule has 10 nitrogen and oxygen atoms in total. The van der Waals surface area contributed by atoms with Gasteiger partial charge in [-0.2, -0.15) is 5.26 Å². The van der Waals surface area contributed by atoms with Crippen LogP contribution in [-0.4, -0.2) is 53.4 Å². The largest absolute Gasteiger partial charge is 0.444 e. The molecule has 1 aliphatic heterocycles. The van der Waals surface area contributed by atoms with Crippen molar-refractivity contribution in [2.45, 2.75) is 51.4 Å². The second-order valence-electron chi connectivity index (χ2n) is 9.11. The summed E-state index contributed by atoms with van der Waals surface area (Å²) in [5.74, 6) is -2.02. The maximum Gasteiger partial charge on any atom is 0.408 e. The number of nitrogens with zero attached hydrogens (tertiary/aromatic N) is 3. The average Bonchev–Trinajstić information content (AvgIpc) is 2.78. The van der Waals surface area contributed by atoms with Gasteiger partial charge >= 0.3 is 6.09 Å². The lowest BCUT2D eigenvalue weighted by atomic mass is 9.93. The topological polar surface area (TPSA) is 138 Å². The molecule has 2 unspecified atom stereocenters. The van der Waals surface area contributed by atoms with Gasteiger partial charge in [0.15, 0.2) is 5.54 Å². The highest BCUT2D eigenvalue weighted by atomic mass is 19.3. The number of amides is 2. The first kappa shape index (κ1) is 26.8. The van der Waals surface area contributed by atoms with Gasteiger partial charge in [0.2, 0.25) is 0 Å². The fraction of sp³-hybridized carbons (Fsp3) is 0.435. The van der Waals surface area contributed by atoms with Crippen LogP contribution in [0.4, 0.5) is 23.8 Å². The smallest absolute Gasteiger partial charge is 0.408 e. The van der Waals surface area contributed by atoms with E-state index in [1.807, 2.05) is 6.07 Å². The fourth-order valence-electron chi connectivity index (χ4n) is 3.50. The van der Waals surface area contributed by atoms with Crippen molar-refractivity contribution in [3.05, 3.63) is 52.7 Å². The summed E-state index contributed by atoms with van der Waals surface area (Å²) in [6, 6.07) is 5.35. The number of anilines is 1. The van der Waals surface area contributed by atoms with Crippen molar-refractivity contribution in [2.75, 3.05) is 18.5 Å². The Hall–Kier alpha value is -3.76. The van der Waals surface area contributed by atoms with Gasteiger partial charge in [0, 0.05) is 6.20 Å². The molecular formula is C23H25F3N6O4. The van der Waals surface area contributed by atoms with Crippen LogP contribution in [0.1, 0.15) is 48.1 Å². The Labute approximate surface area is 205 Å². The van der Waals surface area contributed by atoms with Gasteiger partial charge in [-0.15, -0.1) is 0 Å². The quantitative estimate of drug-likeness (QED) is 0.563. The zero-order chi connectivity index (χ0) is 26.7. The highest BCUT2D eigenvalue weighted by molar-refractivity contribution is 6.03. The van der Waals surface area contributed by atoms with Gasteiger partial charge < -0.3 is 20.1 Å². The number of hydrogen-bond acceptors (Lipinski definition) is 8. The van der Waals surface area contributed by atoms with Crippen LogP contribution in [0.3, 0.4) is 0 Å². The van der Waals surface area contributed by atoms with E-state index in [0.717, 1.165) is 12.1 Å². The lowest BCUT2D eigenvalue weighted by molar-refractivity contribution is -0.0888. The van der Waals surface area contributed by atoms with E-state index in [1.165, 1.54) is 12.3 Å². The molecule has 192 valence electrons. The molecule has 3 rings (SSSR count). The maximum absolute atomic E-state index is 14.8. The van der Waals surface area contributed by atoms with Crippen LogP contribution in [-0.2, 0) is 15.0 Å². The van der Waals surface area contributed by atoms with E-state index in [1.54, 1.807) is 27.7 Å². The third-order valence-electron chi connectivity index (χ3n) is 5.04. The number of morpholine rings is 1. The second-order valence-corrected chi connectivity index (χ2v) is 9.11. The number of nitrogens with one attached hydrogen (secondary N) is 3. The molecule has 2 aromatic heterocycles. The summed E-state index contributed by atoms with van der Waals surface area (Å²) >= 11 is 0. The summed E-state index contributed by atoms with van der Waals surface area (Å²) in [5.41, 5.74) is -3.35. The number of aryl methyl sites for hydroxylation is 1. The molecule has 2 atom stereocenters. The normalized spacial score (nSPS) is 19.9. The van der Waals surface area contributed by atoms with Gasteiger partial charge in [0.25, 0.3) is 12.3 Å². The Kier molecular flexibility index (Phi) is 7.80. The molecule has 2 amide bonds. The molecule has 1 aliphatic rings. The first-order valence-corrected chi connectivity index (χ1v) is 10.8. The van der Waals surface area contributed by atoms with E-state index in [2.05, 4.69) is 25.9 Å². The predicted molar refractivity (Wildman–Crippen MR) is 121 cm³/mol. The molecule has 36 heavy (non-hydrogen) atoms. The molecule has 3 heterocycles. The number of halogens is 3. The molecule has 13 heteroatoms. The molecular weight excluding hydrogens is 481 g/mol. The van der Waals surface area contributed by atoms with Crippen molar-refractivity contribution in [2.24, 2.45) is 0 Å². The standard InChI is InChI=1S/C23H25F3N6O4/c1-12-7-13(8-27)9-28-17(12)19(33)30-15-6-5-14(24)18(29-15)23(20(25)26)11-35-10-16(32-23)31-21(34)36-22(2,3)4/h5-7,9,16,20,32H,10-11H2,1-4H3,(H,31,34)(H,29,30,33). The van der Waals surface area contributed by atoms with Crippen LogP contribution in [0.2, 0.25) is 0 Å². The summed E-state index contributed by atoms with van der Waals surface area (Å²) in [6.45, 7) is 5.63. The molecule has 0 aromatic carbocycles. The minimum absolute atomic E-state index is 0.0222.